The van der Waals surface area contributed by atoms with E-state index in [1.807, 2.05) is 4.90 Å². The first-order valence-electron chi connectivity index (χ1n) is 19.1. The molecule has 1 aliphatic carbocycles. The summed E-state index contributed by atoms with van der Waals surface area (Å²) in [6, 6.07) is 5.08. The Balaban J connectivity index is 1.35. The van der Waals surface area contributed by atoms with Crippen LogP contribution in [0.5, 0.6) is 5.75 Å². The maximum atomic E-state index is 14.4. The van der Waals surface area contributed by atoms with Crippen molar-refractivity contribution in [1.29, 1.82) is 0 Å². The number of likely N-dealkylation sites (N-methyl/N-ethyl adjacent to an activating group) is 1. The SMILES string of the molecule is C[C@@H](C(=O)N[C@H](C(=O)N1CCC[C@H]1c1nc(C(=O)c2cccc(OCCOCCOCCOCCN)c2)cs1)C1CCCCC1)N(C)C(=O)OC(C)(C)C. The zero-order valence-electron chi connectivity index (χ0n) is 32.5. The van der Waals surface area contributed by atoms with Gasteiger partial charge in [-0.15, -0.1) is 11.3 Å². The Morgan fingerprint density at radius 2 is 1.63 bits per heavy atom. The lowest BCUT2D eigenvalue weighted by molar-refractivity contribution is -0.140. The van der Waals surface area contributed by atoms with E-state index in [9.17, 15) is 19.2 Å². The summed E-state index contributed by atoms with van der Waals surface area (Å²) in [5, 5.41) is 5.46. The fourth-order valence-corrected chi connectivity index (χ4v) is 7.47. The maximum Gasteiger partial charge on any atom is 0.410 e. The van der Waals surface area contributed by atoms with Crippen molar-refractivity contribution in [3.8, 4) is 5.75 Å². The summed E-state index contributed by atoms with van der Waals surface area (Å²) in [6.07, 6.45) is 5.61. The topological polar surface area (TPSA) is 172 Å². The van der Waals surface area contributed by atoms with Gasteiger partial charge in [0.15, 0.2) is 0 Å². The van der Waals surface area contributed by atoms with E-state index in [4.69, 9.17) is 34.4 Å². The van der Waals surface area contributed by atoms with Gasteiger partial charge in [0.2, 0.25) is 17.6 Å². The van der Waals surface area contributed by atoms with Crippen LogP contribution in [-0.2, 0) is 28.5 Å². The molecular weight excluding hydrogens is 715 g/mol. The van der Waals surface area contributed by atoms with Gasteiger partial charge in [-0.2, -0.15) is 0 Å². The van der Waals surface area contributed by atoms with Crippen molar-refractivity contribution < 1.29 is 42.9 Å². The summed E-state index contributed by atoms with van der Waals surface area (Å²) < 4.78 is 27.5. The molecule has 0 unspecified atom stereocenters. The number of thiazole rings is 1. The summed E-state index contributed by atoms with van der Waals surface area (Å²) in [5.74, 6) is -0.269. The minimum Gasteiger partial charge on any atom is -0.491 e. The zero-order chi connectivity index (χ0) is 39.1. The van der Waals surface area contributed by atoms with Crippen LogP contribution in [0.4, 0.5) is 4.79 Å². The number of aromatic nitrogens is 1. The van der Waals surface area contributed by atoms with Gasteiger partial charge in [0.1, 0.15) is 40.7 Å². The van der Waals surface area contributed by atoms with Crippen molar-refractivity contribution in [3.63, 3.8) is 0 Å². The average molecular weight is 774 g/mol. The van der Waals surface area contributed by atoms with Gasteiger partial charge >= 0.3 is 6.09 Å². The first-order chi connectivity index (χ1) is 25.9. The molecule has 54 heavy (non-hydrogen) atoms. The molecule has 0 bridgehead atoms. The number of benzene rings is 1. The second-order valence-corrected chi connectivity index (χ2v) is 15.6. The zero-order valence-corrected chi connectivity index (χ0v) is 33.3. The molecule has 1 aliphatic heterocycles. The van der Waals surface area contributed by atoms with Crippen molar-refractivity contribution in [2.45, 2.75) is 96.4 Å². The molecule has 2 aromatic rings. The standard InChI is InChI=1S/C39H59N5O9S/c1-27(43(5)38(48)53-39(2,3)4)35(46)42-33(28-11-7-6-8-12-28)37(47)44-17-10-15-32(44)36-41-31(26-54-36)34(45)29-13-9-14-30(25-29)52-24-23-51-22-21-50-20-19-49-18-16-40/h9,13-14,25-28,32-33H,6-8,10-12,15-24,40H2,1-5H3,(H,42,46)/t27-,32-,33-/m0/s1. The van der Waals surface area contributed by atoms with Gasteiger partial charge in [0.25, 0.3) is 0 Å². The number of amides is 3. The Morgan fingerprint density at radius 3 is 2.30 bits per heavy atom. The average Bonchev–Trinajstić information content (AvgIpc) is 3.85. The molecule has 1 saturated heterocycles. The lowest BCUT2D eigenvalue weighted by Gasteiger charge is -2.36. The van der Waals surface area contributed by atoms with Crippen LogP contribution in [-0.4, -0.2) is 123 Å². The van der Waals surface area contributed by atoms with E-state index in [1.54, 1.807) is 57.3 Å². The summed E-state index contributed by atoms with van der Waals surface area (Å²) in [4.78, 5) is 62.0. The third kappa shape index (κ3) is 13.0. The van der Waals surface area contributed by atoms with Crippen LogP contribution in [0.25, 0.3) is 0 Å². The minimum atomic E-state index is -0.846. The van der Waals surface area contributed by atoms with E-state index >= 15 is 0 Å². The fraction of sp³-hybridized carbons (Fsp3) is 0.667. The normalized spacial score (nSPS) is 17.5. The molecular formula is C39H59N5O9S. The molecule has 300 valence electrons. The second kappa shape index (κ2) is 21.5. The Hall–Kier alpha value is -3.63. The molecule has 3 N–H and O–H groups in total. The predicted octanol–water partition coefficient (Wildman–Crippen LogP) is 4.75. The molecule has 15 heteroatoms. The van der Waals surface area contributed by atoms with E-state index in [-0.39, 0.29) is 23.7 Å². The summed E-state index contributed by atoms with van der Waals surface area (Å²) >= 11 is 1.36. The largest absolute Gasteiger partial charge is 0.491 e. The smallest absolute Gasteiger partial charge is 0.410 e. The molecule has 0 spiro atoms. The van der Waals surface area contributed by atoms with Crippen molar-refractivity contribution in [2.75, 3.05) is 66.4 Å². The minimum absolute atomic E-state index is 0.0174. The Bertz CT molecular complexity index is 1510. The number of ether oxygens (including phenoxy) is 5. The second-order valence-electron chi connectivity index (χ2n) is 14.7. The molecule has 1 aromatic heterocycles. The molecule has 2 aliphatic rings. The lowest BCUT2D eigenvalue weighted by Crippen LogP contribution is -2.56. The highest BCUT2D eigenvalue weighted by molar-refractivity contribution is 7.10. The Morgan fingerprint density at radius 1 is 0.963 bits per heavy atom. The molecule has 1 aromatic carbocycles. The summed E-state index contributed by atoms with van der Waals surface area (Å²) in [5.41, 5.74) is 5.42. The number of hydrogen-bond donors (Lipinski definition) is 2. The molecule has 1 saturated carbocycles. The number of hydrogen-bond acceptors (Lipinski definition) is 12. The van der Waals surface area contributed by atoms with Gasteiger partial charge in [0, 0.05) is 31.1 Å². The molecule has 0 radical (unpaired) electrons. The van der Waals surface area contributed by atoms with Crippen LogP contribution in [0, 0.1) is 5.92 Å². The first kappa shape index (κ1) is 43.1. The van der Waals surface area contributed by atoms with E-state index in [0.29, 0.717) is 87.8 Å². The number of carbonyl (C=O) groups is 4. The fourth-order valence-electron chi connectivity index (χ4n) is 6.52. The van der Waals surface area contributed by atoms with Gasteiger partial charge in [-0.3, -0.25) is 19.3 Å². The van der Waals surface area contributed by atoms with E-state index < -0.39 is 29.7 Å². The number of nitrogens with one attached hydrogen (secondary N) is 1. The van der Waals surface area contributed by atoms with Gasteiger partial charge in [-0.05, 0) is 71.4 Å². The number of carbonyl (C=O) groups excluding carboxylic acids is 4. The molecule has 4 rings (SSSR count). The highest BCUT2D eigenvalue weighted by Gasteiger charge is 2.41. The van der Waals surface area contributed by atoms with Crippen LogP contribution in [0.3, 0.4) is 0 Å². The molecule has 3 atom stereocenters. The van der Waals surface area contributed by atoms with Crippen LogP contribution >= 0.6 is 11.3 Å². The Kier molecular flexibility index (Phi) is 17.1. The lowest BCUT2D eigenvalue weighted by atomic mass is 9.83. The van der Waals surface area contributed by atoms with Gasteiger partial charge in [0.05, 0.1) is 45.7 Å². The van der Waals surface area contributed by atoms with E-state index in [0.717, 1.165) is 38.5 Å². The van der Waals surface area contributed by atoms with Crippen LogP contribution in [0.15, 0.2) is 29.6 Å². The quantitative estimate of drug-likeness (QED) is 0.141. The van der Waals surface area contributed by atoms with Crippen molar-refractivity contribution in [3.05, 3.63) is 45.9 Å². The maximum absolute atomic E-state index is 14.4. The van der Waals surface area contributed by atoms with E-state index in [1.165, 1.54) is 23.3 Å². The Labute approximate surface area is 323 Å². The number of rotatable bonds is 20. The summed E-state index contributed by atoms with van der Waals surface area (Å²) in [6.45, 7) is 11.0. The predicted molar refractivity (Wildman–Crippen MR) is 205 cm³/mol. The molecule has 2 heterocycles. The van der Waals surface area contributed by atoms with Crippen LogP contribution < -0.4 is 15.8 Å². The summed E-state index contributed by atoms with van der Waals surface area (Å²) in [7, 11) is 1.52. The van der Waals surface area contributed by atoms with Gasteiger partial charge in [-0.25, -0.2) is 9.78 Å². The van der Waals surface area contributed by atoms with Gasteiger partial charge < -0.3 is 39.6 Å². The number of ketones is 1. The molecule has 14 nitrogen and oxygen atoms in total. The molecule has 2 fully saturated rings. The van der Waals surface area contributed by atoms with E-state index in [2.05, 4.69) is 5.32 Å². The first-order valence-corrected chi connectivity index (χ1v) is 20.0. The van der Waals surface area contributed by atoms with Crippen molar-refractivity contribution in [2.24, 2.45) is 11.7 Å². The van der Waals surface area contributed by atoms with Crippen LogP contribution in [0.1, 0.15) is 99.7 Å². The number of likely N-dealkylation sites (tertiary alicyclic amines) is 1. The van der Waals surface area contributed by atoms with Crippen molar-refractivity contribution >= 4 is 35.0 Å². The third-order valence-corrected chi connectivity index (χ3v) is 10.4. The van der Waals surface area contributed by atoms with Crippen LogP contribution in [0.2, 0.25) is 0 Å². The highest BCUT2D eigenvalue weighted by atomic mass is 32.1. The number of nitrogens with zero attached hydrogens (tertiary/aromatic N) is 3. The number of nitrogens with two attached hydrogens (primary N) is 1. The van der Waals surface area contributed by atoms with Crippen molar-refractivity contribution in [1.82, 2.24) is 20.1 Å². The third-order valence-electron chi connectivity index (χ3n) is 9.50. The highest BCUT2D eigenvalue weighted by Crippen LogP contribution is 2.37. The van der Waals surface area contributed by atoms with Gasteiger partial charge in [-0.1, -0.05) is 31.4 Å². The monoisotopic (exact) mass is 773 g/mol. The molecule has 3 amide bonds.